The largest absolute Gasteiger partial charge is 0.480 e. The Morgan fingerprint density at radius 1 is 1.30 bits per heavy atom. The molecular weight excluding hydrogens is 270 g/mol. The van der Waals surface area contributed by atoms with Crippen LogP contribution in [0.25, 0.3) is 0 Å². The Labute approximate surface area is 128 Å². The second kappa shape index (κ2) is 5.19. The molecule has 1 spiro atoms. The molecular formula is C17H28ClNO. The van der Waals surface area contributed by atoms with Crippen molar-refractivity contribution in [3.63, 3.8) is 0 Å². The number of nitrogens with zero attached hydrogens (tertiary/aromatic N) is 1. The number of hydrogen-bond donors (Lipinski definition) is 0. The molecule has 20 heavy (non-hydrogen) atoms. The molecule has 0 aromatic carbocycles. The van der Waals surface area contributed by atoms with E-state index in [0.29, 0.717) is 23.1 Å². The maximum Gasteiger partial charge on any atom is 0.199 e. The van der Waals surface area contributed by atoms with Gasteiger partial charge in [-0.25, -0.2) is 4.99 Å². The molecule has 3 aliphatic rings. The van der Waals surface area contributed by atoms with Crippen LogP contribution >= 0.6 is 11.6 Å². The van der Waals surface area contributed by atoms with Crippen LogP contribution in [-0.4, -0.2) is 23.9 Å². The third-order valence-electron chi connectivity index (χ3n) is 6.62. The highest BCUT2D eigenvalue weighted by atomic mass is 35.5. The smallest absolute Gasteiger partial charge is 0.199 e. The Morgan fingerprint density at radius 2 is 2.10 bits per heavy atom. The molecule has 2 saturated carbocycles. The van der Waals surface area contributed by atoms with Crippen molar-refractivity contribution in [2.24, 2.45) is 28.2 Å². The quantitative estimate of drug-likeness (QED) is 0.645. The molecule has 1 aliphatic heterocycles. The van der Waals surface area contributed by atoms with E-state index >= 15 is 0 Å². The first-order valence-corrected chi connectivity index (χ1v) is 8.82. The predicted octanol–water partition coefficient (Wildman–Crippen LogP) is 4.66. The normalized spacial score (nSPS) is 48.4. The second-order valence-corrected chi connectivity index (χ2v) is 7.98. The van der Waals surface area contributed by atoms with Crippen LogP contribution in [0.3, 0.4) is 0 Å². The summed E-state index contributed by atoms with van der Waals surface area (Å²) >= 11 is 6.10. The lowest BCUT2D eigenvalue weighted by molar-refractivity contribution is -0.0479. The van der Waals surface area contributed by atoms with Gasteiger partial charge < -0.3 is 4.74 Å². The van der Waals surface area contributed by atoms with Crippen LogP contribution in [0.2, 0.25) is 0 Å². The SMILES string of the molecule is C[C@@H]1COC(CCl)=N[C@]23C[C@H]1CC[C@]2(C)CCC[C@@H]3C. The van der Waals surface area contributed by atoms with E-state index in [1.807, 2.05) is 0 Å². The molecule has 0 amide bonds. The summed E-state index contributed by atoms with van der Waals surface area (Å²) in [4.78, 5) is 5.18. The molecule has 0 saturated heterocycles. The van der Waals surface area contributed by atoms with Crippen molar-refractivity contribution >= 4 is 17.5 Å². The zero-order valence-electron chi connectivity index (χ0n) is 13.1. The number of alkyl halides is 1. The molecule has 3 rings (SSSR count). The van der Waals surface area contributed by atoms with Crippen molar-refractivity contribution in [3.8, 4) is 0 Å². The van der Waals surface area contributed by atoms with E-state index < -0.39 is 0 Å². The van der Waals surface area contributed by atoms with Gasteiger partial charge in [0, 0.05) is 0 Å². The minimum atomic E-state index is 0.0765. The summed E-state index contributed by atoms with van der Waals surface area (Å²) in [7, 11) is 0. The van der Waals surface area contributed by atoms with Gasteiger partial charge in [0.05, 0.1) is 18.0 Å². The number of aliphatic imine (C=N–C) groups is 1. The summed E-state index contributed by atoms with van der Waals surface area (Å²) in [5, 5.41) is 0. The summed E-state index contributed by atoms with van der Waals surface area (Å²) in [5.41, 5.74) is 0.423. The van der Waals surface area contributed by atoms with Gasteiger partial charge in [0.25, 0.3) is 0 Å². The topological polar surface area (TPSA) is 21.6 Å². The average Bonchev–Trinajstić information content (AvgIpc) is 2.42. The summed E-state index contributed by atoms with van der Waals surface area (Å²) in [6.45, 7) is 8.00. The molecule has 2 aliphatic carbocycles. The Balaban J connectivity index is 2.07. The molecule has 1 heterocycles. The average molecular weight is 298 g/mol. The van der Waals surface area contributed by atoms with Gasteiger partial charge in [0.1, 0.15) is 0 Å². The molecule has 0 aromatic heterocycles. The third kappa shape index (κ3) is 2.10. The molecule has 3 heteroatoms. The highest BCUT2D eigenvalue weighted by Gasteiger charge is 2.57. The van der Waals surface area contributed by atoms with E-state index in [9.17, 15) is 0 Å². The van der Waals surface area contributed by atoms with Crippen LogP contribution in [0.5, 0.6) is 0 Å². The number of halogens is 1. The molecule has 114 valence electrons. The summed E-state index contributed by atoms with van der Waals surface area (Å²) < 4.78 is 5.94. The van der Waals surface area contributed by atoms with Crippen molar-refractivity contribution < 1.29 is 4.74 Å². The Morgan fingerprint density at radius 3 is 2.85 bits per heavy atom. The van der Waals surface area contributed by atoms with E-state index in [4.69, 9.17) is 21.3 Å². The van der Waals surface area contributed by atoms with Gasteiger partial charge in [-0.05, 0) is 55.3 Å². The number of ether oxygens (including phenoxy) is 1. The Hall–Kier alpha value is -0.240. The molecule has 2 bridgehead atoms. The van der Waals surface area contributed by atoms with E-state index in [0.717, 1.165) is 18.4 Å². The third-order valence-corrected chi connectivity index (χ3v) is 6.85. The van der Waals surface area contributed by atoms with E-state index in [1.165, 1.54) is 38.5 Å². The number of fused-ring (bicyclic) bond motifs is 1. The Bertz CT molecular complexity index is 410. The first kappa shape index (κ1) is 14.7. The van der Waals surface area contributed by atoms with E-state index in [-0.39, 0.29) is 5.54 Å². The molecule has 2 fully saturated rings. The van der Waals surface area contributed by atoms with E-state index in [1.54, 1.807) is 0 Å². The first-order valence-electron chi connectivity index (χ1n) is 8.28. The van der Waals surface area contributed by atoms with Crippen LogP contribution in [0, 0.1) is 23.2 Å². The fourth-order valence-corrected chi connectivity index (χ4v) is 5.24. The first-order chi connectivity index (χ1) is 9.51. The molecule has 2 nitrogen and oxygen atoms in total. The monoisotopic (exact) mass is 297 g/mol. The zero-order chi connectivity index (χ0) is 14.4. The lowest BCUT2D eigenvalue weighted by atomic mass is 9.49. The highest BCUT2D eigenvalue weighted by molar-refractivity contribution is 6.27. The van der Waals surface area contributed by atoms with Crippen molar-refractivity contribution in [2.45, 2.75) is 64.8 Å². The van der Waals surface area contributed by atoms with Gasteiger partial charge in [0.15, 0.2) is 5.90 Å². The van der Waals surface area contributed by atoms with Crippen LogP contribution < -0.4 is 0 Å². The van der Waals surface area contributed by atoms with Gasteiger partial charge in [0.2, 0.25) is 0 Å². The van der Waals surface area contributed by atoms with Gasteiger partial charge in [-0.2, -0.15) is 0 Å². The van der Waals surface area contributed by atoms with Crippen LogP contribution in [0.1, 0.15) is 59.3 Å². The molecule has 0 unspecified atom stereocenters. The van der Waals surface area contributed by atoms with Crippen LogP contribution in [0.4, 0.5) is 0 Å². The van der Waals surface area contributed by atoms with E-state index in [2.05, 4.69) is 20.8 Å². The fourth-order valence-electron chi connectivity index (χ4n) is 5.11. The lowest BCUT2D eigenvalue weighted by Gasteiger charge is -2.59. The zero-order valence-corrected chi connectivity index (χ0v) is 13.9. The van der Waals surface area contributed by atoms with Gasteiger partial charge >= 0.3 is 0 Å². The van der Waals surface area contributed by atoms with Crippen molar-refractivity contribution in [3.05, 3.63) is 0 Å². The lowest BCUT2D eigenvalue weighted by Crippen LogP contribution is -2.58. The fraction of sp³-hybridized carbons (Fsp3) is 0.941. The number of hydrogen-bond acceptors (Lipinski definition) is 2. The number of rotatable bonds is 1. The molecule has 0 N–H and O–H groups in total. The van der Waals surface area contributed by atoms with Crippen molar-refractivity contribution in [2.75, 3.05) is 12.5 Å². The Kier molecular flexibility index (Phi) is 3.81. The molecule has 5 atom stereocenters. The van der Waals surface area contributed by atoms with Crippen molar-refractivity contribution in [1.82, 2.24) is 0 Å². The second-order valence-electron chi connectivity index (χ2n) is 7.71. The van der Waals surface area contributed by atoms with Gasteiger partial charge in [-0.3, -0.25) is 0 Å². The highest BCUT2D eigenvalue weighted by Crippen LogP contribution is 2.60. The minimum Gasteiger partial charge on any atom is -0.480 e. The van der Waals surface area contributed by atoms with Gasteiger partial charge in [-0.15, -0.1) is 11.6 Å². The van der Waals surface area contributed by atoms with Crippen molar-refractivity contribution in [1.29, 1.82) is 0 Å². The summed E-state index contributed by atoms with van der Waals surface area (Å²) in [6.07, 6.45) is 7.89. The van der Waals surface area contributed by atoms with Crippen LogP contribution in [0.15, 0.2) is 4.99 Å². The standard InChI is InChI=1S/C17H28ClNO/c1-12-11-20-15(10-18)19-17-9-14(12)6-8-16(17,3)7-4-5-13(17)2/h12-14H,4-11H2,1-3H3/t12-,13+,14-,16+,17+/m1/s1. The molecule has 0 aromatic rings. The summed E-state index contributed by atoms with van der Waals surface area (Å²) in [6, 6.07) is 0. The maximum absolute atomic E-state index is 6.10. The maximum atomic E-state index is 6.10. The van der Waals surface area contributed by atoms with Gasteiger partial charge in [-0.1, -0.05) is 27.2 Å². The predicted molar refractivity (Wildman–Crippen MR) is 84.5 cm³/mol. The minimum absolute atomic E-state index is 0.0765. The summed E-state index contributed by atoms with van der Waals surface area (Å²) in [5.74, 6) is 3.25. The van der Waals surface area contributed by atoms with Crippen LogP contribution in [-0.2, 0) is 4.74 Å². The molecule has 0 radical (unpaired) electrons.